The van der Waals surface area contributed by atoms with Gasteiger partial charge in [-0.2, -0.15) is 0 Å². The molecule has 0 aliphatic heterocycles. The van der Waals surface area contributed by atoms with Crippen molar-refractivity contribution in [1.29, 1.82) is 0 Å². The number of nitrogens with one attached hydrogen (secondary N) is 1. The summed E-state index contributed by atoms with van der Waals surface area (Å²) in [5.74, 6) is -4.30. The molecule has 2 atom stereocenters. The lowest BCUT2D eigenvalue weighted by Crippen LogP contribution is -2.17. The largest absolute Gasteiger partial charge is 0.394 e. The van der Waals surface area contributed by atoms with Gasteiger partial charge in [-0.05, 0) is 47.5 Å². The molecule has 35 heavy (non-hydrogen) atoms. The zero-order valence-corrected chi connectivity index (χ0v) is 21.3. The summed E-state index contributed by atoms with van der Waals surface area (Å²) >= 11 is 30.9. The van der Waals surface area contributed by atoms with E-state index in [1.165, 1.54) is 18.2 Å². The molecule has 0 aromatic heterocycles. The van der Waals surface area contributed by atoms with E-state index in [1.807, 2.05) is 0 Å². The summed E-state index contributed by atoms with van der Waals surface area (Å²) in [5, 5.41) is 3.43. The van der Waals surface area contributed by atoms with Gasteiger partial charge >= 0.3 is 0 Å². The van der Waals surface area contributed by atoms with Crippen molar-refractivity contribution in [3.8, 4) is 0 Å². The molecule has 4 rings (SSSR count). The van der Waals surface area contributed by atoms with Crippen molar-refractivity contribution < 1.29 is 18.4 Å². The number of rotatable bonds is 6. The van der Waals surface area contributed by atoms with Gasteiger partial charge < -0.3 is 11.1 Å². The number of hydrogen-bond donors (Lipinski definition) is 2. The molecule has 3 aromatic rings. The molecule has 0 saturated heterocycles. The van der Waals surface area contributed by atoms with E-state index in [1.54, 1.807) is 18.2 Å². The molecular formula is C24H15Cl5F2N2O2. The zero-order valence-electron chi connectivity index (χ0n) is 17.5. The maximum Gasteiger partial charge on any atom is 0.231 e. The van der Waals surface area contributed by atoms with Gasteiger partial charge in [-0.25, -0.2) is 8.78 Å². The standard InChI is InChI=1S/C24H15Cl5F2N2O2/c25-14-5-3-12(9-13(14)18(34)8-11-2-6-17(30)22(32)21(11)31)33-23(35)20-19(24(20,28)29)10-1-4-15(26)16(27)7-10/h1-7,9,19-20H,8,32H2,(H,33,35)/t19-,20+/m0/s1. The van der Waals surface area contributed by atoms with Crippen LogP contribution in [-0.2, 0) is 11.2 Å². The lowest BCUT2D eigenvalue weighted by molar-refractivity contribution is -0.117. The quantitative estimate of drug-likeness (QED) is 0.181. The Kier molecular flexibility index (Phi) is 7.24. The molecule has 0 radical (unpaired) electrons. The summed E-state index contributed by atoms with van der Waals surface area (Å²) in [4.78, 5) is 25.7. The Bertz CT molecular complexity index is 1370. The first-order valence-electron chi connectivity index (χ1n) is 10.1. The van der Waals surface area contributed by atoms with Crippen LogP contribution >= 0.6 is 58.0 Å². The first kappa shape index (κ1) is 26.0. The SMILES string of the molecule is Nc1c(F)ccc(CC(=O)c2cc(NC(=O)[C@H]3[C@H](c4ccc(Cl)c(Cl)c4)C3(Cl)Cl)ccc2Cl)c1F. The number of benzene rings is 3. The van der Waals surface area contributed by atoms with E-state index in [4.69, 9.17) is 63.7 Å². The second kappa shape index (κ2) is 9.75. The Morgan fingerprint density at radius 3 is 2.31 bits per heavy atom. The summed E-state index contributed by atoms with van der Waals surface area (Å²) in [6, 6.07) is 11.2. The molecule has 0 unspecified atom stereocenters. The highest BCUT2D eigenvalue weighted by Gasteiger charge is 2.67. The molecule has 1 aliphatic carbocycles. The number of alkyl halides is 2. The number of halogens is 7. The van der Waals surface area contributed by atoms with Gasteiger partial charge in [0.05, 0.1) is 21.0 Å². The van der Waals surface area contributed by atoms with Gasteiger partial charge in [-0.3, -0.25) is 9.59 Å². The topological polar surface area (TPSA) is 72.2 Å². The molecule has 11 heteroatoms. The second-order valence-electron chi connectivity index (χ2n) is 8.02. The summed E-state index contributed by atoms with van der Waals surface area (Å²) in [7, 11) is 0. The fourth-order valence-electron chi connectivity index (χ4n) is 3.83. The van der Waals surface area contributed by atoms with Crippen molar-refractivity contribution in [2.45, 2.75) is 16.7 Å². The number of carbonyl (C=O) groups is 2. The molecule has 4 nitrogen and oxygen atoms in total. The van der Waals surface area contributed by atoms with Crippen molar-refractivity contribution >= 4 is 81.1 Å². The second-order valence-corrected chi connectivity index (χ2v) is 10.7. The number of anilines is 2. The van der Waals surface area contributed by atoms with E-state index in [0.29, 0.717) is 15.6 Å². The third-order valence-corrected chi connectivity index (χ3v) is 7.74. The van der Waals surface area contributed by atoms with E-state index < -0.39 is 51.6 Å². The highest BCUT2D eigenvalue weighted by molar-refractivity contribution is 6.53. The van der Waals surface area contributed by atoms with Crippen molar-refractivity contribution in [3.05, 3.63) is 91.9 Å². The third kappa shape index (κ3) is 5.09. The van der Waals surface area contributed by atoms with Gasteiger partial charge in [0.15, 0.2) is 11.6 Å². The average Bonchev–Trinajstić information content (AvgIpc) is 3.39. The van der Waals surface area contributed by atoms with Crippen molar-refractivity contribution in [3.63, 3.8) is 0 Å². The van der Waals surface area contributed by atoms with E-state index in [-0.39, 0.29) is 21.8 Å². The van der Waals surface area contributed by atoms with E-state index in [9.17, 15) is 18.4 Å². The molecule has 3 aromatic carbocycles. The maximum absolute atomic E-state index is 14.2. The predicted octanol–water partition coefficient (Wildman–Crippen LogP) is 7.46. The summed E-state index contributed by atoms with van der Waals surface area (Å²) in [6.07, 6.45) is -0.415. The molecule has 1 amide bonds. The third-order valence-electron chi connectivity index (χ3n) is 5.73. The number of amides is 1. The lowest BCUT2D eigenvalue weighted by Gasteiger charge is -2.10. The van der Waals surface area contributed by atoms with Crippen LogP contribution in [0.3, 0.4) is 0 Å². The Balaban J connectivity index is 1.52. The Morgan fingerprint density at radius 1 is 0.943 bits per heavy atom. The number of carbonyl (C=O) groups excluding carboxylic acids is 2. The monoisotopic (exact) mass is 576 g/mol. The Labute approximate surface area is 224 Å². The minimum atomic E-state index is -1.37. The summed E-state index contributed by atoms with van der Waals surface area (Å²) < 4.78 is 26.3. The maximum atomic E-state index is 14.2. The van der Waals surface area contributed by atoms with E-state index >= 15 is 0 Å². The van der Waals surface area contributed by atoms with Crippen LogP contribution in [0.5, 0.6) is 0 Å². The molecule has 0 bridgehead atoms. The van der Waals surface area contributed by atoms with Gasteiger partial charge in [0, 0.05) is 23.6 Å². The van der Waals surface area contributed by atoms with Crippen LogP contribution in [0, 0.1) is 17.6 Å². The minimum absolute atomic E-state index is 0.0339. The molecule has 1 aliphatic rings. The van der Waals surface area contributed by atoms with Gasteiger partial charge in [0.1, 0.15) is 15.8 Å². The summed E-state index contributed by atoms with van der Waals surface area (Å²) in [5.41, 5.74) is 5.54. The fourth-order valence-corrected chi connectivity index (χ4v) is 5.19. The highest BCUT2D eigenvalue weighted by Crippen LogP contribution is 2.65. The molecule has 182 valence electrons. The molecule has 1 fully saturated rings. The van der Waals surface area contributed by atoms with Gasteiger partial charge in [-0.15, -0.1) is 23.2 Å². The van der Waals surface area contributed by atoms with Crippen LogP contribution in [0.1, 0.15) is 27.4 Å². The molecule has 1 saturated carbocycles. The van der Waals surface area contributed by atoms with Crippen molar-refractivity contribution in [2.75, 3.05) is 11.1 Å². The fraction of sp³-hybridized carbons (Fsp3) is 0.167. The molecule has 3 N–H and O–H groups in total. The predicted molar refractivity (Wildman–Crippen MR) is 136 cm³/mol. The Morgan fingerprint density at radius 2 is 1.63 bits per heavy atom. The van der Waals surface area contributed by atoms with Crippen LogP contribution in [-0.4, -0.2) is 16.0 Å². The van der Waals surface area contributed by atoms with Gasteiger partial charge in [0.2, 0.25) is 5.91 Å². The number of Topliss-reactive ketones (excluding diaryl/α,β-unsaturated/α-hetero) is 1. The summed E-state index contributed by atoms with van der Waals surface area (Å²) in [6.45, 7) is 0. The van der Waals surface area contributed by atoms with Crippen LogP contribution < -0.4 is 11.1 Å². The van der Waals surface area contributed by atoms with Crippen LogP contribution in [0.25, 0.3) is 0 Å². The van der Waals surface area contributed by atoms with Crippen molar-refractivity contribution in [2.24, 2.45) is 5.92 Å². The van der Waals surface area contributed by atoms with E-state index in [2.05, 4.69) is 5.32 Å². The Hall–Kier alpha value is -2.09. The molecule has 0 spiro atoms. The smallest absolute Gasteiger partial charge is 0.231 e. The van der Waals surface area contributed by atoms with Gasteiger partial charge in [-0.1, -0.05) is 46.9 Å². The number of nitrogen functional groups attached to an aromatic ring is 1. The molecular weight excluding hydrogens is 564 g/mol. The minimum Gasteiger partial charge on any atom is -0.394 e. The first-order chi connectivity index (χ1) is 16.4. The van der Waals surface area contributed by atoms with Crippen LogP contribution in [0.15, 0.2) is 48.5 Å². The van der Waals surface area contributed by atoms with Crippen LogP contribution in [0.2, 0.25) is 15.1 Å². The van der Waals surface area contributed by atoms with Gasteiger partial charge in [0.25, 0.3) is 0 Å². The van der Waals surface area contributed by atoms with E-state index in [0.717, 1.165) is 12.1 Å². The van der Waals surface area contributed by atoms with Crippen LogP contribution in [0.4, 0.5) is 20.2 Å². The highest BCUT2D eigenvalue weighted by atomic mass is 35.5. The number of ketones is 1. The lowest BCUT2D eigenvalue weighted by atomic mass is 10.0. The average molecular weight is 579 g/mol. The first-order valence-corrected chi connectivity index (χ1v) is 12.0. The normalized spacial score (nSPS) is 18.3. The molecule has 0 heterocycles. The number of hydrogen-bond acceptors (Lipinski definition) is 3. The van der Waals surface area contributed by atoms with Crippen molar-refractivity contribution in [1.82, 2.24) is 0 Å². The zero-order chi connectivity index (χ0) is 25.7. The number of nitrogens with two attached hydrogens (primary N) is 1.